The highest BCUT2D eigenvalue weighted by molar-refractivity contribution is 5.68. The Morgan fingerprint density at radius 3 is 2.67 bits per heavy atom. The van der Waals surface area contributed by atoms with E-state index in [1.54, 1.807) is 4.68 Å². The zero-order valence-electron chi connectivity index (χ0n) is 14.4. The standard InChI is InChI=1S/C17H23N5O2/c1-12-7-8-14(13(2)11-12)22-15(19-20-21-22)17(18-16(23)24-3)9-5-4-6-10-17/h7-8,11H,4-6,9-10H2,1-3H3,(H,18,23). The fourth-order valence-electron chi connectivity index (χ4n) is 3.50. The fraction of sp³-hybridized carbons (Fsp3) is 0.529. The number of nitrogens with zero attached hydrogens (tertiary/aromatic N) is 4. The van der Waals surface area contributed by atoms with Crippen molar-refractivity contribution in [2.75, 3.05) is 7.11 Å². The van der Waals surface area contributed by atoms with Crippen molar-refractivity contribution in [2.45, 2.75) is 51.5 Å². The summed E-state index contributed by atoms with van der Waals surface area (Å²) >= 11 is 0. The lowest BCUT2D eigenvalue weighted by Gasteiger charge is -2.36. The molecule has 1 aliphatic carbocycles. The van der Waals surface area contributed by atoms with Crippen LogP contribution in [0.2, 0.25) is 0 Å². The maximum atomic E-state index is 11.9. The molecule has 0 unspecified atom stereocenters. The van der Waals surface area contributed by atoms with Gasteiger partial charge in [0.25, 0.3) is 0 Å². The summed E-state index contributed by atoms with van der Waals surface area (Å²) in [5.74, 6) is 0.666. The number of hydrogen-bond donors (Lipinski definition) is 1. The maximum absolute atomic E-state index is 11.9. The first-order chi connectivity index (χ1) is 11.6. The van der Waals surface area contributed by atoms with E-state index in [9.17, 15) is 4.79 Å². The molecule has 2 aromatic rings. The molecule has 1 aromatic carbocycles. The highest BCUT2D eigenvalue weighted by atomic mass is 16.5. The van der Waals surface area contributed by atoms with Crippen molar-refractivity contribution in [3.8, 4) is 5.69 Å². The number of ether oxygens (including phenoxy) is 1. The molecule has 0 radical (unpaired) electrons. The summed E-state index contributed by atoms with van der Waals surface area (Å²) in [6.07, 6.45) is 4.33. The number of carbonyl (C=O) groups is 1. The van der Waals surface area contributed by atoms with Gasteiger partial charge in [0.2, 0.25) is 0 Å². The summed E-state index contributed by atoms with van der Waals surface area (Å²) in [5, 5.41) is 15.4. The highest BCUT2D eigenvalue weighted by Gasteiger charge is 2.41. The first-order valence-electron chi connectivity index (χ1n) is 8.28. The molecule has 1 fully saturated rings. The van der Waals surface area contributed by atoms with E-state index in [1.807, 2.05) is 19.1 Å². The van der Waals surface area contributed by atoms with Crippen molar-refractivity contribution < 1.29 is 9.53 Å². The Morgan fingerprint density at radius 1 is 1.25 bits per heavy atom. The Labute approximate surface area is 141 Å². The number of aromatic nitrogens is 4. The lowest BCUT2D eigenvalue weighted by molar-refractivity contribution is 0.139. The van der Waals surface area contributed by atoms with E-state index in [0.717, 1.165) is 43.4 Å². The van der Waals surface area contributed by atoms with Crippen molar-refractivity contribution in [1.82, 2.24) is 25.5 Å². The monoisotopic (exact) mass is 329 g/mol. The third kappa shape index (κ3) is 2.98. The van der Waals surface area contributed by atoms with Crippen LogP contribution in [0.3, 0.4) is 0 Å². The summed E-state index contributed by atoms with van der Waals surface area (Å²) in [4.78, 5) is 11.9. The number of rotatable bonds is 3. The largest absolute Gasteiger partial charge is 0.453 e. The Bertz CT molecular complexity index is 734. The van der Waals surface area contributed by atoms with Crippen molar-refractivity contribution >= 4 is 6.09 Å². The van der Waals surface area contributed by atoms with Crippen LogP contribution in [0.4, 0.5) is 4.79 Å². The number of alkyl carbamates (subject to hydrolysis) is 1. The van der Waals surface area contributed by atoms with Crippen LogP contribution in [0.15, 0.2) is 18.2 Å². The fourth-order valence-corrected chi connectivity index (χ4v) is 3.50. The number of benzene rings is 1. The van der Waals surface area contributed by atoms with Crippen LogP contribution >= 0.6 is 0 Å². The van der Waals surface area contributed by atoms with Gasteiger partial charge in [-0.15, -0.1) is 5.10 Å². The zero-order valence-corrected chi connectivity index (χ0v) is 14.4. The van der Waals surface area contributed by atoms with Crippen LogP contribution in [0.5, 0.6) is 0 Å². The predicted molar refractivity (Wildman–Crippen MR) is 88.9 cm³/mol. The van der Waals surface area contributed by atoms with Crippen molar-refractivity contribution in [3.63, 3.8) is 0 Å². The van der Waals surface area contributed by atoms with Gasteiger partial charge in [-0.25, -0.2) is 4.79 Å². The van der Waals surface area contributed by atoms with Crippen molar-refractivity contribution in [2.24, 2.45) is 0 Å². The van der Waals surface area contributed by atoms with E-state index in [4.69, 9.17) is 4.74 Å². The quantitative estimate of drug-likeness (QED) is 0.936. The second-order valence-electron chi connectivity index (χ2n) is 6.46. The molecular formula is C17H23N5O2. The average Bonchev–Trinajstić information content (AvgIpc) is 3.05. The number of amides is 1. The number of hydrogen-bond acceptors (Lipinski definition) is 5. The number of tetrazole rings is 1. The molecule has 1 aliphatic rings. The topological polar surface area (TPSA) is 81.9 Å². The van der Waals surface area contributed by atoms with Crippen molar-refractivity contribution in [3.05, 3.63) is 35.2 Å². The minimum atomic E-state index is -0.591. The van der Waals surface area contributed by atoms with Gasteiger partial charge in [0.1, 0.15) is 5.54 Å². The van der Waals surface area contributed by atoms with E-state index in [1.165, 1.54) is 12.7 Å². The smallest absolute Gasteiger partial charge is 0.407 e. The molecule has 1 heterocycles. The Morgan fingerprint density at radius 2 is 2.00 bits per heavy atom. The SMILES string of the molecule is COC(=O)NC1(c2nnnn2-c2ccc(C)cc2C)CCCCC1. The molecule has 1 saturated carbocycles. The second-order valence-corrected chi connectivity index (χ2v) is 6.46. The minimum Gasteiger partial charge on any atom is -0.453 e. The number of aryl methyl sites for hydroxylation is 2. The Hall–Kier alpha value is -2.44. The van der Waals surface area contributed by atoms with Gasteiger partial charge < -0.3 is 10.1 Å². The molecule has 1 N–H and O–H groups in total. The van der Waals surface area contributed by atoms with Crippen LogP contribution in [-0.2, 0) is 10.3 Å². The van der Waals surface area contributed by atoms with E-state index >= 15 is 0 Å². The van der Waals surface area contributed by atoms with Crippen LogP contribution in [-0.4, -0.2) is 33.4 Å². The van der Waals surface area contributed by atoms with Crippen LogP contribution in [0.1, 0.15) is 49.1 Å². The van der Waals surface area contributed by atoms with Gasteiger partial charge >= 0.3 is 6.09 Å². The van der Waals surface area contributed by atoms with E-state index in [-0.39, 0.29) is 0 Å². The van der Waals surface area contributed by atoms with Gasteiger partial charge in [-0.05, 0) is 48.7 Å². The molecule has 128 valence electrons. The first-order valence-corrected chi connectivity index (χ1v) is 8.28. The molecule has 0 spiro atoms. The van der Waals surface area contributed by atoms with Crippen LogP contribution in [0, 0.1) is 13.8 Å². The lowest BCUT2D eigenvalue weighted by atomic mass is 9.81. The summed E-state index contributed by atoms with van der Waals surface area (Å²) in [7, 11) is 1.37. The summed E-state index contributed by atoms with van der Waals surface area (Å²) in [6, 6.07) is 6.15. The zero-order chi connectivity index (χ0) is 17.2. The average molecular weight is 329 g/mol. The van der Waals surface area contributed by atoms with Gasteiger partial charge in [-0.2, -0.15) is 4.68 Å². The third-order valence-corrected chi connectivity index (χ3v) is 4.71. The summed E-state index contributed by atoms with van der Waals surface area (Å²) in [5.41, 5.74) is 2.61. The molecule has 0 atom stereocenters. The number of methoxy groups -OCH3 is 1. The first kappa shape index (κ1) is 16.4. The van der Waals surface area contributed by atoms with Gasteiger partial charge in [-0.3, -0.25) is 0 Å². The molecule has 0 bridgehead atoms. The summed E-state index contributed by atoms with van der Waals surface area (Å²) < 4.78 is 6.58. The van der Waals surface area contributed by atoms with Gasteiger partial charge in [0.15, 0.2) is 5.82 Å². The Balaban J connectivity index is 2.07. The minimum absolute atomic E-state index is 0.452. The molecule has 3 rings (SSSR count). The highest BCUT2D eigenvalue weighted by Crippen LogP contribution is 2.37. The molecule has 0 aliphatic heterocycles. The molecule has 24 heavy (non-hydrogen) atoms. The molecular weight excluding hydrogens is 306 g/mol. The van der Waals surface area contributed by atoms with Crippen LogP contribution in [0.25, 0.3) is 5.69 Å². The summed E-state index contributed by atoms with van der Waals surface area (Å²) in [6.45, 7) is 4.09. The predicted octanol–water partition coefficient (Wildman–Crippen LogP) is 2.79. The normalized spacial score (nSPS) is 16.6. The lowest BCUT2D eigenvalue weighted by Crippen LogP contribution is -2.49. The van der Waals surface area contributed by atoms with Gasteiger partial charge in [-0.1, -0.05) is 37.0 Å². The van der Waals surface area contributed by atoms with Crippen LogP contribution < -0.4 is 5.32 Å². The van der Waals surface area contributed by atoms with E-state index in [2.05, 4.69) is 33.8 Å². The number of nitrogens with one attached hydrogen (secondary N) is 1. The Kier molecular flexibility index (Phi) is 4.51. The van der Waals surface area contributed by atoms with Gasteiger partial charge in [0.05, 0.1) is 12.8 Å². The number of carbonyl (C=O) groups excluding carboxylic acids is 1. The molecule has 0 saturated heterocycles. The van der Waals surface area contributed by atoms with Crippen molar-refractivity contribution in [1.29, 1.82) is 0 Å². The van der Waals surface area contributed by atoms with Gasteiger partial charge in [0, 0.05) is 0 Å². The van der Waals surface area contributed by atoms with E-state index in [0.29, 0.717) is 5.82 Å². The third-order valence-electron chi connectivity index (χ3n) is 4.71. The second kappa shape index (κ2) is 6.59. The maximum Gasteiger partial charge on any atom is 0.407 e. The molecule has 7 heteroatoms. The molecule has 7 nitrogen and oxygen atoms in total. The molecule has 1 amide bonds. The molecule has 1 aromatic heterocycles. The van der Waals surface area contributed by atoms with E-state index < -0.39 is 11.6 Å².